The van der Waals surface area contributed by atoms with Gasteiger partial charge in [0.15, 0.2) is 0 Å². The largest absolute Gasteiger partial charge is 0.317 e. The third kappa shape index (κ3) is 1.65. The van der Waals surface area contributed by atoms with Gasteiger partial charge in [-0.05, 0) is 42.9 Å². The highest BCUT2D eigenvalue weighted by Gasteiger charge is 2.35. The standard InChI is InChI=1S/C12H15F2N/c1-12(15,11(13)14)10-7-3-5-8-4-2-6-9(8)10/h3,5,7,11H,2,4,6,15H2,1H3. The Hall–Kier alpha value is -0.960. The van der Waals surface area contributed by atoms with Gasteiger partial charge < -0.3 is 5.73 Å². The van der Waals surface area contributed by atoms with Gasteiger partial charge in [-0.15, -0.1) is 0 Å². The zero-order chi connectivity index (χ0) is 11.1. The molecule has 82 valence electrons. The lowest BCUT2D eigenvalue weighted by molar-refractivity contribution is 0.0621. The fourth-order valence-electron chi connectivity index (χ4n) is 2.24. The minimum Gasteiger partial charge on any atom is -0.317 e. The molecule has 0 amide bonds. The Morgan fingerprint density at radius 1 is 1.33 bits per heavy atom. The summed E-state index contributed by atoms with van der Waals surface area (Å²) in [4.78, 5) is 0. The van der Waals surface area contributed by atoms with Gasteiger partial charge in [0, 0.05) is 0 Å². The number of hydrogen-bond donors (Lipinski definition) is 1. The summed E-state index contributed by atoms with van der Waals surface area (Å²) in [5.41, 5.74) is 7.03. The average molecular weight is 211 g/mol. The van der Waals surface area contributed by atoms with Crippen molar-refractivity contribution in [2.75, 3.05) is 0 Å². The summed E-state index contributed by atoms with van der Waals surface area (Å²) in [6.45, 7) is 1.41. The molecule has 0 aliphatic heterocycles. The monoisotopic (exact) mass is 211 g/mol. The lowest BCUT2D eigenvalue weighted by Gasteiger charge is -2.26. The van der Waals surface area contributed by atoms with Crippen LogP contribution in [0.2, 0.25) is 0 Å². The van der Waals surface area contributed by atoms with Crippen molar-refractivity contribution in [2.45, 2.75) is 38.2 Å². The Balaban J connectivity index is 2.49. The molecule has 1 unspecified atom stereocenters. The fraction of sp³-hybridized carbons (Fsp3) is 0.500. The Labute approximate surface area is 88.3 Å². The fourth-order valence-corrected chi connectivity index (χ4v) is 2.24. The molecule has 1 aromatic carbocycles. The van der Waals surface area contributed by atoms with E-state index in [0.29, 0.717) is 5.56 Å². The van der Waals surface area contributed by atoms with Crippen LogP contribution in [0.1, 0.15) is 30.0 Å². The van der Waals surface area contributed by atoms with E-state index >= 15 is 0 Å². The van der Waals surface area contributed by atoms with Crippen LogP contribution >= 0.6 is 0 Å². The summed E-state index contributed by atoms with van der Waals surface area (Å²) >= 11 is 0. The SMILES string of the molecule is CC(N)(c1cccc2c1CCC2)C(F)F. The minimum atomic E-state index is -2.52. The Morgan fingerprint density at radius 2 is 2.07 bits per heavy atom. The summed E-state index contributed by atoms with van der Waals surface area (Å²) in [7, 11) is 0. The maximum atomic E-state index is 12.8. The van der Waals surface area contributed by atoms with E-state index in [0.717, 1.165) is 24.8 Å². The highest BCUT2D eigenvalue weighted by atomic mass is 19.3. The maximum Gasteiger partial charge on any atom is 0.260 e. The van der Waals surface area contributed by atoms with Crippen LogP contribution in [0.3, 0.4) is 0 Å². The summed E-state index contributed by atoms with van der Waals surface area (Å²) < 4.78 is 25.7. The molecule has 1 aromatic rings. The molecule has 3 heteroatoms. The van der Waals surface area contributed by atoms with Gasteiger partial charge in [0.05, 0.1) is 5.54 Å². The van der Waals surface area contributed by atoms with Crippen LogP contribution in [-0.4, -0.2) is 6.43 Å². The van der Waals surface area contributed by atoms with Crippen molar-refractivity contribution in [2.24, 2.45) is 5.73 Å². The van der Waals surface area contributed by atoms with Crippen LogP contribution < -0.4 is 5.73 Å². The number of aryl methyl sites for hydroxylation is 1. The molecule has 0 heterocycles. The van der Waals surface area contributed by atoms with E-state index in [9.17, 15) is 8.78 Å². The van der Waals surface area contributed by atoms with Crippen molar-refractivity contribution in [3.63, 3.8) is 0 Å². The van der Waals surface area contributed by atoms with E-state index in [1.165, 1.54) is 12.5 Å². The van der Waals surface area contributed by atoms with Gasteiger partial charge in [0.25, 0.3) is 6.43 Å². The zero-order valence-corrected chi connectivity index (χ0v) is 8.76. The van der Waals surface area contributed by atoms with E-state index in [1.54, 1.807) is 6.07 Å². The van der Waals surface area contributed by atoms with Crippen LogP contribution in [0.4, 0.5) is 8.78 Å². The van der Waals surface area contributed by atoms with E-state index in [2.05, 4.69) is 0 Å². The first-order valence-corrected chi connectivity index (χ1v) is 5.21. The quantitative estimate of drug-likeness (QED) is 0.799. The summed E-state index contributed by atoms with van der Waals surface area (Å²) in [6.07, 6.45) is 0.392. The smallest absolute Gasteiger partial charge is 0.260 e. The van der Waals surface area contributed by atoms with E-state index < -0.39 is 12.0 Å². The third-order valence-electron chi connectivity index (χ3n) is 3.18. The molecule has 0 spiro atoms. The number of fused-ring (bicyclic) bond motifs is 1. The highest BCUT2D eigenvalue weighted by molar-refractivity contribution is 5.42. The summed E-state index contributed by atoms with van der Waals surface area (Å²) in [5, 5.41) is 0. The zero-order valence-electron chi connectivity index (χ0n) is 8.76. The summed E-state index contributed by atoms with van der Waals surface area (Å²) in [6, 6.07) is 5.57. The molecule has 0 bridgehead atoms. The van der Waals surface area contributed by atoms with Crippen molar-refractivity contribution >= 4 is 0 Å². The first-order chi connectivity index (χ1) is 7.03. The number of alkyl halides is 2. The molecule has 0 saturated heterocycles. The predicted molar refractivity (Wildman–Crippen MR) is 56.0 cm³/mol. The van der Waals surface area contributed by atoms with Crippen LogP contribution in [0.15, 0.2) is 18.2 Å². The van der Waals surface area contributed by atoms with Crippen molar-refractivity contribution in [3.8, 4) is 0 Å². The Kier molecular flexibility index (Phi) is 2.51. The van der Waals surface area contributed by atoms with Crippen LogP contribution in [0.5, 0.6) is 0 Å². The molecular formula is C12H15F2N. The third-order valence-corrected chi connectivity index (χ3v) is 3.18. The molecule has 1 aliphatic carbocycles. The molecule has 2 N–H and O–H groups in total. The second-order valence-electron chi connectivity index (χ2n) is 4.38. The molecule has 0 fully saturated rings. The number of hydrogen-bond acceptors (Lipinski definition) is 1. The Bertz CT molecular complexity index is 372. The highest BCUT2D eigenvalue weighted by Crippen LogP contribution is 2.33. The van der Waals surface area contributed by atoms with Crippen LogP contribution in [-0.2, 0) is 18.4 Å². The molecule has 1 atom stereocenters. The van der Waals surface area contributed by atoms with Crippen molar-refractivity contribution in [3.05, 3.63) is 34.9 Å². The molecule has 2 rings (SSSR count). The number of rotatable bonds is 2. The molecular weight excluding hydrogens is 196 g/mol. The Morgan fingerprint density at radius 3 is 2.73 bits per heavy atom. The average Bonchev–Trinajstić information content (AvgIpc) is 2.64. The maximum absolute atomic E-state index is 12.8. The number of halogens is 2. The van der Waals surface area contributed by atoms with Crippen LogP contribution in [0.25, 0.3) is 0 Å². The van der Waals surface area contributed by atoms with E-state index in [4.69, 9.17) is 5.73 Å². The van der Waals surface area contributed by atoms with Gasteiger partial charge in [-0.2, -0.15) is 0 Å². The molecule has 0 saturated carbocycles. The lowest BCUT2D eigenvalue weighted by Crippen LogP contribution is -2.41. The van der Waals surface area contributed by atoms with Gasteiger partial charge >= 0.3 is 0 Å². The van der Waals surface area contributed by atoms with E-state index in [1.807, 2.05) is 12.1 Å². The first kappa shape index (κ1) is 10.6. The van der Waals surface area contributed by atoms with Gasteiger partial charge in [0.2, 0.25) is 0 Å². The molecule has 1 aliphatic rings. The minimum absolute atomic E-state index is 0.618. The topological polar surface area (TPSA) is 26.0 Å². The van der Waals surface area contributed by atoms with Crippen molar-refractivity contribution in [1.82, 2.24) is 0 Å². The predicted octanol–water partition coefficient (Wildman–Crippen LogP) is 2.61. The van der Waals surface area contributed by atoms with Gasteiger partial charge in [-0.25, -0.2) is 8.78 Å². The second-order valence-corrected chi connectivity index (χ2v) is 4.38. The van der Waals surface area contributed by atoms with Gasteiger partial charge in [-0.1, -0.05) is 18.2 Å². The van der Waals surface area contributed by atoms with Gasteiger partial charge in [0.1, 0.15) is 0 Å². The lowest BCUT2D eigenvalue weighted by atomic mass is 9.88. The second kappa shape index (κ2) is 3.56. The van der Waals surface area contributed by atoms with Crippen molar-refractivity contribution < 1.29 is 8.78 Å². The van der Waals surface area contributed by atoms with Crippen LogP contribution in [0, 0.1) is 0 Å². The van der Waals surface area contributed by atoms with Crippen molar-refractivity contribution in [1.29, 1.82) is 0 Å². The number of benzene rings is 1. The normalized spacial score (nSPS) is 19.0. The molecule has 15 heavy (non-hydrogen) atoms. The molecule has 0 aromatic heterocycles. The molecule has 0 radical (unpaired) electrons. The first-order valence-electron chi connectivity index (χ1n) is 5.21. The number of nitrogens with two attached hydrogens (primary N) is 1. The summed E-state index contributed by atoms with van der Waals surface area (Å²) in [5.74, 6) is 0. The van der Waals surface area contributed by atoms with Gasteiger partial charge in [-0.3, -0.25) is 0 Å². The molecule has 1 nitrogen and oxygen atoms in total. The van der Waals surface area contributed by atoms with E-state index in [-0.39, 0.29) is 0 Å².